The minimum atomic E-state index is -0.485. The maximum Gasteiger partial charge on any atom is 0.338 e. The van der Waals surface area contributed by atoms with Gasteiger partial charge in [0.1, 0.15) is 5.82 Å². The smallest absolute Gasteiger partial charge is 0.338 e. The molecule has 0 aliphatic rings. The Bertz CT molecular complexity index is 1090. The van der Waals surface area contributed by atoms with Gasteiger partial charge in [-0.1, -0.05) is 31.2 Å². The van der Waals surface area contributed by atoms with E-state index in [-0.39, 0.29) is 11.6 Å². The molecule has 0 fully saturated rings. The molecule has 8 nitrogen and oxygen atoms in total. The van der Waals surface area contributed by atoms with Crippen LogP contribution in [0.2, 0.25) is 0 Å². The molecule has 8 heteroatoms. The molecule has 0 saturated carbocycles. The lowest BCUT2D eigenvalue weighted by Crippen LogP contribution is -2.14. The highest BCUT2D eigenvalue weighted by molar-refractivity contribution is 6.04. The van der Waals surface area contributed by atoms with Crippen molar-refractivity contribution in [3.05, 3.63) is 71.4 Å². The molecule has 0 spiro atoms. The van der Waals surface area contributed by atoms with Crippen molar-refractivity contribution in [1.82, 2.24) is 9.78 Å². The topological polar surface area (TPSA) is 102 Å². The molecule has 1 heterocycles. The number of anilines is 2. The Labute approximate surface area is 173 Å². The number of hydrogen-bond donors (Lipinski definition) is 2. The number of amides is 2. The number of aryl methyl sites for hydroxylation is 1. The summed E-state index contributed by atoms with van der Waals surface area (Å²) in [6.45, 7) is 3.52. The molecule has 154 valence electrons. The van der Waals surface area contributed by atoms with E-state index in [4.69, 9.17) is 4.74 Å². The highest BCUT2D eigenvalue weighted by Gasteiger charge is 2.18. The molecule has 0 atom stereocenters. The van der Waals surface area contributed by atoms with E-state index in [0.717, 1.165) is 5.56 Å². The van der Waals surface area contributed by atoms with Gasteiger partial charge in [-0.05, 0) is 36.8 Å². The number of nitrogens with zero attached hydrogens (tertiary/aromatic N) is 2. The van der Waals surface area contributed by atoms with Crippen molar-refractivity contribution in [3.8, 4) is 5.69 Å². The first-order valence-corrected chi connectivity index (χ1v) is 9.38. The van der Waals surface area contributed by atoms with Crippen molar-refractivity contribution in [2.24, 2.45) is 0 Å². The van der Waals surface area contributed by atoms with Gasteiger partial charge >= 0.3 is 5.97 Å². The van der Waals surface area contributed by atoms with Crippen LogP contribution in [-0.4, -0.2) is 34.7 Å². The molecule has 2 N–H and O–H groups in total. The lowest BCUT2D eigenvalue weighted by Gasteiger charge is -2.08. The minimum absolute atomic E-state index is 0.116. The number of aromatic nitrogens is 2. The number of rotatable bonds is 6. The van der Waals surface area contributed by atoms with Gasteiger partial charge in [-0.25, -0.2) is 9.48 Å². The number of nitrogens with one attached hydrogen (secondary N) is 2. The summed E-state index contributed by atoms with van der Waals surface area (Å²) in [5, 5.41) is 9.84. The molecule has 3 aromatic rings. The third-order valence-electron chi connectivity index (χ3n) is 4.43. The first-order chi connectivity index (χ1) is 14.4. The zero-order chi connectivity index (χ0) is 21.7. The van der Waals surface area contributed by atoms with E-state index in [0.29, 0.717) is 29.2 Å². The standard InChI is InChI=1S/C22H22N4O4/c1-4-20(27)24-19-13-18(25-26(19)16-8-6-5-7-9-16)21(28)23-15-11-10-14(2)17(12-15)22(29)30-3/h5-13H,4H2,1-3H3,(H,23,28)(H,24,27). The predicted molar refractivity (Wildman–Crippen MR) is 113 cm³/mol. The average Bonchev–Trinajstić information content (AvgIpc) is 3.18. The lowest BCUT2D eigenvalue weighted by molar-refractivity contribution is -0.115. The van der Waals surface area contributed by atoms with Crippen molar-refractivity contribution >= 4 is 29.3 Å². The van der Waals surface area contributed by atoms with Crippen molar-refractivity contribution in [2.45, 2.75) is 20.3 Å². The van der Waals surface area contributed by atoms with Crippen LogP contribution in [0.3, 0.4) is 0 Å². The van der Waals surface area contributed by atoms with Crippen LogP contribution in [0.15, 0.2) is 54.6 Å². The maximum absolute atomic E-state index is 12.8. The Morgan fingerprint density at radius 3 is 2.43 bits per heavy atom. The summed E-state index contributed by atoms with van der Waals surface area (Å²) in [5.74, 6) is -0.768. The third-order valence-corrected chi connectivity index (χ3v) is 4.43. The van der Waals surface area contributed by atoms with Crippen molar-refractivity contribution in [3.63, 3.8) is 0 Å². The summed E-state index contributed by atoms with van der Waals surface area (Å²) >= 11 is 0. The van der Waals surface area contributed by atoms with Crippen LogP contribution in [0.5, 0.6) is 0 Å². The Morgan fingerprint density at radius 1 is 1.03 bits per heavy atom. The summed E-state index contributed by atoms with van der Waals surface area (Å²) in [6.07, 6.45) is 0.293. The molecule has 2 amide bonds. The second-order valence-corrected chi connectivity index (χ2v) is 6.54. The van der Waals surface area contributed by atoms with E-state index in [9.17, 15) is 14.4 Å². The molecule has 3 rings (SSSR count). The molecule has 0 bridgehead atoms. The van der Waals surface area contributed by atoms with Crippen LogP contribution in [0, 0.1) is 6.92 Å². The quantitative estimate of drug-likeness (QED) is 0.609. The number of esters is 1. The third kappa shape index (κ3) is 4.54. The molecule has 30 heavy (non-hydrogen) atoms. The number of carbonyl (C=O) groups is 3. The lowest BCUT2D eigenvalue weighted by atomic mass is 10.1. The number of benzene rings is 2. The van der Waals surface area contributed by atoms with Gasteiger partial charge in [-0.3, -0.25) is 9.59 Å². The summed E-state index contributed by atoms with van der Waals surface area (Å²) in [5.41, 5.74) is 2.34. The van der Waals surface area contributed by atoms with Crippen LogP contribution >= 0.6 is 0 Å². The number of ether oxygens (including phenoxy) is 1. The normalized spacial score (nSPS) is 10.4. The van der Waals surface area contributed by atoms with E-state index >= 15 is 0 Å². The number of hydrogen-bond acceptors (Lipinski definition) is 5. The van der Waals surface area contributed by atoms with Crippen LogP contribution < -0.4 is 10.6 Å². The van der Waals surface area contributed by atoms with Crippen molar-refractivity contribution in [1.29, 1.82) is 0 Å². The van der Waals surface area contributed by atoms with Gasteiger partial charge in [-0.15, -0.1) is 0 Å². The van der Waals surface area contributed by atoms with Crippen LogP contribution in [-0.2, 0) is 9.53 Å². The predicted octanol–water partition coefficient (Wildman–Crippen LogP) is 3.57. The zero-order valence-electron chi connectivity index (χ0n) is 16.9. The first-order valence-electron chi connectivity index (χ1n) is 9.38. The summed E-state index contributed by atoms with van der Waals surface area (Å²) in [6, 6.07) is 15.6. The van der Waals surface area contributed by atoms with Crippen LogP contribution in [0.4, 0.5) is 11.5 Å². The van der Waals surface area contributed by atoms with Gasteiger partial charge in [0.25, 0.3) is 5.91 Å². The molecule has 0 saturated heterocycles. The fraction of sp³-hybridized carbons (Fsp3) is 0.182. The number of methoxy groups -OCH3 is 1. The molecular formula is C22H22N4O4. The first kappa shape index (κ1) is 20.8. The van der Waals surface area contributed by atoms with Crippen LogP contribution in [0.25, 0.3) is 5.69 Å². The van der Waals surface area contributed by atoms with Crippen molar-refractivity contribution in [2.75, 3.05) is 17.7 Å². The van der Waals surface area contributed by atoms with E-state index in [2.05, 4.69) is 15.7 Å². The average molecular weight is 406 g/mol. The van der Waals surface area contributed by atoms with Crippen LogP contribution in [0.1, 0.15) is 39.8 Å². The van der Waals surface area contributed by atoms with Gasteiger partial charge < -0.3 is 15.4 Å². The second-order valence-electron chi connectivity index (χ2n) is 6.54. The largest absolute Gasteiger partial charge is 0.465 e. The second kappa shape index (κ2) is 9.04. The Kier molecular flexibility index (Phi) is 6.26. The Morgan fingerprint density at radius 2 is 1.77 bits per heavy atom. The highest BCUT2D eigenvalue weighted by atomic mass is 16.5. The number of para-hydroxylation sites is 1. The Hall–Kier alpha value is -3.94. The molecular weight excluding hydrogens is 384 g/mol. The fourth-order valence-corrected chi connectivity index (χ4v) is 2.80. The summed E-state index contributed by atoms with van der Waals surface area (Å²) in [7, 11) is 1.30. The molecule has 0 unspecified atom stereocenters. The molecule has 0 radical (unpaired) electrons. The highest BCUT2D eigenvalue weighted by Crippen LogP contribution is 2.20. The summed E-state index contributed by atoms with van der Waals surface area (Å²) in [4.78, 5) is 36.6. The van der Waals surface area contributed by atoms with Gasteiger partial charge in [0.2, 0.25) is 5.91 Å². The minimum Gasteiger partial charge on any atom is -0.465 e. The molecule has 0 aliphatic carbocycles. The van der Waals surface area contributed by atoms with Gasteiger partial charge in [0, 0.05) is 18.2 Å². The molecule has 2 aromatic carbocycles. The Balaban J connectivity index is 1.91. The fourth-order valence-electron chi connectivity index (χ4n) is 2.80. The molecule has 0 aliphatic heterocycles. The van der Waals surface area contributed by atoms with Gasteiger partial charge in [0.15, 0.2) is 5.69 Å². The van der Waals surface area contributed by atoms with E-state index < -0.39 is 11.9 Å². The SMILES string of the molecule is CCC(=O)Nc1cc(C(=O)Nc2ccc(C)c(C(=O)OC)c2)nn1-c1ccccc1. The van der Waals surface area contributed by atoms with Gasteiger partial charge in [-0.2, -0.15) is 5.10 Å². The van der Waals surface area contributed by atoms with Crippen molar-refractivity contribution < 1.29 is 19.1 Å². The van der Waals surface area contributed by atoms with Gasteiger partial charge in [0.05, 0.1) is 18.4 Å². The maximum atomic E-state index is 12.8. The summed E-state index contributed by atoms with van der Waals surface area (Å²) < 4.78 is 6.27. The monoisotopic (exact) mass is 406 g/mol. The molecule has 1 aromatic heterocycles. The number of carbonyl (C=O) groups excluding carboxylic acids is 3. The van der Waals surface area contributed by atoms with E-state index in [1.54, 1.807) is 32.0 Å². The zero-order valence-corrected chi connectivity index (χ0v) is 16.9. The van der Waals surface area contributed by atoms with E-state index in [1.807, 2.05) is 30.3 Å². The van der Waals surface area contributed by atoms with E-state index in [1.165, 1.54) is 17.9 Å².